The van der Waals surface area contributed by atoms with Gasteiger partial charge in [0.1, 0.15) is 5.75 Å². The molecule has 1 saturated heterocycles. The summed E-state index contributed by atoms with van der Waals surface area (Å²) in [7, 11) is 1.57. The lowest BCUT2D eigenvalue weighted by atomic mass is 10.0. The van der Waals surface area contributed by atoms with Crippen LogP contribution in [0.2, 0.25) is 0 Å². The zero-order valence-electron chi connectivity index (χ0n) is 11.9. The van der Waals surface area contributed by atoms with Crippen LogP contribution >= 0.6 is 0 Å². The van der Waals surface area contributed by atoms with Gasteiger partial charge in [-0.05, 0) is 30.3 Å². The number of nitro groups is 1. The number of ether oxygens (including phenoxy) is 1. The molecule has 1 heterocycles. The second-order valence-electron chi connectivity index (χ2n) is 5.15. The predicted molar refractivity (Wildman–Crippen MR) is 78.9 cm³/mol. The van der Waals surface area contributed by atoms with Crippen LogP contribution in [-0.2, 0) is 0 Å². The summed E-state index contributed by atoms with van der Waals surface area (Å²) in [5, 5.41) is 12.9. The molecule has 112 valence electrons. The van der Waals surface area contributed by atoms with E-state index in [4.69, 9.17) is 4.74 Å². The molecule has 6 nitrogen and oxygen atoms in total. The number of ketones is 1. The van der Waals surface area contributed by atoms with Crippen LogP contribution in [0.15, 0.2) is 48.5 Å². The predicted octanol–water partition coefficient (Wildman–Crippen LogP) is 1.47. The number of Topliss-reactive ketones (excluding diaryl/α,β-unsaturated/α-hetero) is 1. The molecule has 2 aromatic carbocycles. The van der Waals surface area contributed by atoms with Gasteiger partial charge in [-0.1, -0.05) is 12.1 Å². The first-order valence-electron chi connectivity index (χ1n) is 6.88. The van der Waals surface area contributed by atoms with Crippen LogP contribution in [0.4, 0.5) is 5.69 Å². The molecular weight excluding hydrogens is 284 g/mol. The van der Waals surface area contributed by atoms with Crippen LogP contribution in [0.3, 0.4) is 0 Å². The summed E-state index contributed by atoms with van der Waals surface area (Å²) in [6.45, 7) is 0. The molecule has 2 N–H and O–H groups in total. The van der Waals surface area contributed by atoms with Gasteiger partial charge in [0.15, 0.2) is 6.04 Å². The number of para-hydroxylation sites is 1. The van der Waals surface area contributed by atoms with Crippen LogP contribution in [0.25, 0.3) is 0 Å². The normalized spacial score (nSPS) is 19.5. The fourth-order valence-corrected chi connectivity index (χ4v) is 2.59. The molecule has 0 bridgehead atoms. The minimum Gasteiger partial charge on any atom is -0.497 e. The van der Waals surface area contributed by atoms with E-state index in [1.807, 2.05) is 5.32 Å². The minimum atomic E-state index is -0.406. The Morgan fingerprint density at radius 3 is 2.50 bits per heavy atom. The van der Waals surface area contributed by atoms with E-state index in [0.29, 0.717) is 16.9 Å². The van der Waals surface area contributed by atoms with E-state index < -0.39 is 4.92 Å². The molecule has 0 saturated carbocycles. The number of benzene rings is 2. The highest BCUT2D eigenvalue weighted by Gasteiger charge is 2.52. The molecule has 1 aliphatic heterocycles. The first-order chi connectivity index (χ1) is 10.6. The first-order valence-corrected chi connectivity index (χ1v) is 6.88. The van der Waals surface area contributed by atoms with Gasteiger partial charge in [-0.15, -0.1) is 0 Å². The fraction of sp³-hybridized carbons (Fsp3) is 0.188. The number of carbonyl (C=O) groups is 1. The van der Waals surface area contributed by atoms with Gasteiger partial charge in [-0.3, -0.25) is 14.9 Å². The lowest BCUT2D eigenvalue weighted by Gasteiger charge is -2.00. The van der Waals surface area contributed by atoms with Crippen LogP contribution in [-0.4, -0.2) is 23.9 Å². The Morgan fingerprint density at radius 1 is 1.18 bits per heavy atom. The van der Waals surface area contributed by atoms with Crippen molar-refractivity contribution in [2.45, 2.75) is 12.1 Å². The standard InChI is InChI=1S/C16H14N2O4/c1-22-11-8-6-10(7-9-11)16(19)15-14(17-15)12-4-2-3-5-13(12)18(20)21/h2-9,14-15,17H,1H3/p+1/t14-,15-/m0/s1. The molecule has 0 unspecified atom stereocenters. The van der Waals surface area contributed by atoms with Gasteiger partial charge in [0, 0.05) is 11.6 Å². The third kappa shape index (κ3) is 2.56. The molecule has 2 atom stereocenters. The SMILES string of the molecule is COc1ccc(C(=O)[C@H]2[NH2+][C@H]2c2ccccc2[N+](=O)[O-])cc1. The molecule has 22 heavy (non-hydrogen) atoms. The van der Waals surface area contributed by atoms with Crippen molar-refractivity contribution in [3.63, 3.8) is 0 Å². The number of hydrogen-bond acceptors (Lipinski definition) is 4. The van der Waals surface area contributed by atoms with E-state index in [2.05, 4.69) is 0 Å². The molecule has 1 aliphatic rings. The van der Waals surface area contributed by atoms with Crippen LogP contribution < -0.4 is 10.1 Å². The zero-order chi connectivity index (χ0) is 15.7. The molecular formula is C16H15N2O4+. The summed E-state index contributed by atoms with van der Waals surface area (Å²) in [5.74, 6) is 0.664. The van der Waals surface area contributed by atoms with Gasteiger partial charge < -0.3 is 10.1 Å². The van der Waals surface area contributed by atoms with E-state index in [1.165, 1.54) is 6.07 Å². The highest BCUT2D eigenvalue weighted by atomic mass is 16.6. The highest BCUT2D eigenvalue weighted by molar-refractivity contribution is 6.00. The summed E-state index contributed by atoms with van der Waals surface area (Å²) < 4.78 is 5.06. The maximum atomic E-state index is 12.4. The first kappa shape index (κ1) is 14.2. The van der Waals surface area contributed by atoms with Crippen molar-refractivity contribution in [3.8, 4) is 5.75 Å². The van der Waals surface area contributed by atoms with Crippen molar-refractivity contribution in [1.29, 1.82) is 0 Å². The van der Waals surface area contributed by atoms with E-state index in [9.17, 15) is 14.9 Å². The lowest BCUT2D eigenvalue weighted by molar-refractivity contribution is -0.512. The maximum Gasteiger partial charge on any atom is 0.278 e. The Balaban J connectivity index is 1.79. The molecule has 1 fully saturated rings. The summed E-state index contributed by atoms with van der Waals surface area (Å²) in [6.07, 6.45) is 0. The molecule has 0 aliphatic carbocycles. The largest absolute Gasteiger partial charge is 0.497 e. The maximum absolute atomic E-state index is 12.4. The molecule has 6 heteroatoms. The van der Waals surface area contributed by atoms with Crippen molar-refractivity contribution in [2.75, 3.05) is 7.11 Å². The number of quaternary nitrogens is 1. The monoisotopic (exact) mass is 299 g/mol. The topological polar surface area (TPSA) is 86.0 Å². The van der Waals surface area contributed by atoms with Gasteiger partial charge in [0.25, 0.3) is 5.69 Å². The third-order valence-corrected chi connectivity index (χ3v) is 3.83. The zero-order valence-corrected chi connectivity index (χ0v) is 11.9. The smallest absolute Gasteiger partial charge is 0.278 e. The quantitative estimate of drug-likeness (QED) is 0.392. The Hall–Kier alpha value is -2.73. The molecule has 0 aromatic heterocycles. The number of rotatable bonds is 5. The van der Waals surface area contributed by atoms with Crippen LogP contribution in [0, 0.1) is 10.1 Å². The van der Waals surface area contributed by atoms with Crippen molar-refractivity contribution < 1.29 is 19.8 Å². The highest BCUT2D eigenvalue weighted by Crippen LogP contribution is 2.30. The molecule has 0 amide bonds. The summed E-state index contributed by atoms with van der Waals surface area (Å²) in [4.78, 5) is 23.1. The number of nitrogens with two attached hydrogens (primary N) is 1. The average Bonchev–Trinajstić information content (AvgIpc) is 3.34. The molecule has 3 rings (SSSR count). The van der Waals surface area contributed by atoms with Gasteiger partial charge in [-0.25, -0.2) is 0 Å². The second kappa shape index (κ2) is 5.57. The van der Waals surface area contributed by atoms with Crippen molar-refractivity contribution in [1.82, 2.24) is 0 Å². The number of carbonyl (C=O) groups excluding carboxylic acids is 1. The molecule has 2 aromatic rings. The van der Waals surface area contributed by atoms with E-state index in [0.717, 1.165) is 0 Å². The van der Waals surface area contributed by atoms with Gasteiger partial charge >= 0.3 is 0 Å². The van der Waals surface area contributed by atoms with Crippen molar-refractivity contribution in [3.05, 3.63) is 69.8 Å². The summed E-state index contributed by atoms with van der Waals surface area (Å²) >= 11 is 0. The van der Waals surface area contributed by atoms with Gasteiger partial charge in [0.05, 0.1) is 17.6 Å². The average molecular weight is 299 g/mol. The fourth-order valence-electron chi connectivity index (χ4n) is 2.59. The van der Waals surface area contributed by atoms with Gasteiger partial charge in [0.2, 0.25) is 11.8 Å². The third-order valence-electron chi connectivity index (χ3n) is 3.83. The Morgan fingerprint density at radius 2 is 1.86 bits per heavy atom. The molecule has 0 spiro atoms. The van der Waals surface area contributed by atoms with Crippen LogP contribution in [0.1, 0.15) is 22.0 Å². The van der Waals surface area contributed by atoms with Crippen LogP contribution in [0.5, 0.6) is 5.75 Å². The molecule has 0 radical (unpaired) electrons. The van der Waals surface area contributed by atoms with E-state index in [-0.39, 0.29) is 23.6 Å². The van der Waals surface area contributed by atoms with Gasteiger partial charge in [-0.2, -0.15) is 0 Å². The Labute approximate surface area is 126 Å². The van der Waals surface area contributed by atoms with Crippen molar-refractivity contribution in [2.24, 2.45) is 0 Å². The number of nitro benzene ring substituents is 1. The Bertz CT molecular complexity index is 727. The second-order valence-corrected chi connectivity index (χ2v) is 5.15. The van der Waals surface area contributed by atoms with E-state index >= 15 is 0 Å². The summed E-state index contributed by atoms with van der Waals surface area (Å²) in [5.41, 5.74) is 1.25. The van der Waals surface area contributed by atoms with E-state index in [1.54, 1.807) is 49.6 Å². The number of hydrogen-bond donors (Lipinski definition) is 1. The Kier molecular flexibility index (Phi) is 3.60. The lowest BCUT2D eigenvalue weighted by Crippen LogP contribution is -2.62. The number of nitrogens with zero attached hydrogens (tertiary/aromatic N) is 1. The minimum absolute atomic E-state index is 0.0224. The van der Waals surface area contributed by atoms with Crippen molar-refractivity contribution >= 4 is 11.5 Å². The number of methoxy groups -OCH3 is 1. The summed E-state index contributed by atoms with van der Waals surface area (Å²) in [6, 6.07) is 13.0.